The first-order chi connectivity index (χ1) is 8.18. The Hall–Kier alpha value is -1.35. The second kappa shape index (κ2) is 4.88. The number of para-hydroxylation sites is 1. The van der Waals surface area contributed by atoms with E-state index in [0.29, 0.717) is 5.88 Å². The maximum atomic E-state index is 6.00. The van der Waals surface area contributed by atoms with Crippen molar-refractivity contribution in [2.24, 2.45) is 0 Å². The second-order valence-corrected chi connectivity index (χ2v) is 4.68. The number of alkyl halides is 1. The summed E-state index contributed by atoms with van der Waals surface area (Å²) < 4.78 is 0. The van der Waals surface area contributed by atoms with Crippen LogP contribution in [0.4, 0.5) is 5.82 Å². The minimum atomic E-state index is -0.140. The first-order valence-corrected chi connectivity index (χ1v) is 6.26. The van der Waals surface area contributed by atoms with E-state index in [1.54, 1.807) is 6.33 Å². The zero-order chi connectivity index (χ0) is 12.3. The van der Waals surface area contributed by atoms with Crippen molar-refractivity contribution in [1.82, 2.24) is 9.97 Å². The van der Waals surface area contributed by atoms with Crippen LogP contribution in [-0.2, 0) is 0 Å². The molecule has 0 spiro atoms. The highest BCUT2D eigenvalue weighted by Crippen LogP contribution is 2.24. The molecule has 0 radical (unpaired) electrons. The number of benzene rings is 1. The van der Waals surface area contributed by atoms with Gasteiger partial charge in [0.2, 0.25) is 0 Å². The number of anilines is 1. The minimum Gasteiger partial charge on any atom is -0.363 e. The lowest BCUT2D eigenvalue weighted by atomic mass is 10.0. The first kappa shape index (κ1) is 12.1. The van der Waals surface area contributed by atoms with Crippen molar-refractivity contribution in [2.75, 3.05) is 11.2 Å². The predicted molar refractivity (Wildman–Crippen MR) is 72.6 cm³/mol. The summed E-state index contributed by atoms with van der Waals surface area (Å²) in [5, 5.41) is 4.44. The van der Waals surface area contributed by atoms with Crippen molar-refractivity contribution in [3.63, 3.8) is 0 Å². The summed E-state index contributed by atoms with van der Waals surface area (Å²) in [4.78, 5) is 8.55. The molecule has 0 aliphatic heterocycles. The third kappa shape index (κ3) is 2.50. The Kier molecular flexibility index (Phi) is 3.48. The third-order valence-electron chi connectivity index (χ3n) is 3.04. The van der Waals surface area contributed by atoms with Gasteiger partial charge in [0.25, 0.3) is 0 Å². The standard InChI is InChI=1S/C13H16ClN3/c1-3-13(2,8-14)17-12-10-6-4-5-7-11(10)15-9-16-12/h4-7,9H,3,8H2,1-2H3,(H,15,16,17). The number of aromatic nitrogens is 2. The highest BCUT2D eigenvalue weighted by Gasteiger charge is 2.21. The van der Waals surface area contributed by atoms with Gasteiger partial charge in [-0.05, 0) is 25.5 Å². The van der Waals surface area contributed by atoms with E-state index in [9.17, 15) is 0 Å². The summed E-state index contributed by atoms with van der Waals surface area (Å²) in [7, 11) is 0. The van der Waals surface area contributed by atoms with Crippen molar-refractivity contribution in [1.29, 1.82) is 0 Å². The van der Waals surface area contributed by atoms with E-state index < -0.39 is 0 Å². The van der Waals surface area contributed by atoms with Crippen LogP contribution in [0.5, 0.6) is 0 Å². The molecule has 0 bridgehead atoms. The predicted octanol–water partition coefficient (Wildman–Crippen LogP) is 3.45. The number of nitrogens with zero attached hydrogens (tertiary/aromatic N) is 2. The Labute approximate surface area is 106 Å². The largest absolute Gasteiger partial charge is 0.363 e. The van der Waals surface area contributed by atoms with Gasteiger partial charge >= 0.3 is 0 Å². The Morgan fingerprint density at radius 2 is 2.06 bits per heavy atom. The number of hydrogen-bond acceptors (Lipinski definition) is 3. The zero-order valence-corrected chi connectivity index (χ0v) is 10.8. The second-order valence-electron chi connectivity index (χ2n) is 4.41. The summed E-state index contributed by atoms with van der Waals surface area (Å²) >= 11 is 6.00. The molecule has 3 nitrogen and oxygen atoms in total. The molecule has 4 heteroatoms. The molecule has 0 saturated carbocycles. The van der Waals surface area contributed by atoms with Gasteiger partial charge in [-0.15, -0.1) is 11.6 Å². The lowest BCUT2D eigenvalue weighted by Crippen LogP contribution is -2.36. The van der Waals surface area contributed by atoms with E-state index >= 15 is 0 Å². The van der Waals surface area contributed by atoms with Crippen LogP contribution in [0.1, 0.15) is 20.3 Å². The van der Waals surface area contributed by atoms with Crippen LogP contribution in [0.15, 0.2) is 30.6 Å². The van der Waals surface area contributed by atoms with Crippen LogP contribution in [0, 0.1) is 0 Å². The molecule has 0 fully saturated rings. The van der Waals surface area contributed by atoms with Crippen molar-refractivity contribution in [3.05, 3.63) is 30.6 Å². The fourth-order valence-corrected chi connectivity index (χ4v) is 1.86. The molecular formula is C13H16ClN3. The van der Waals surface area contributed by atoms with Crippen LogP contribution in [0.25, 0.3) is 10.9 Å². The fourth-order valence-electron chi connectivity index (χ4n) is 1.61. The van der Waals surface area contributed by atoms with Gasteiger partial charge in [0.05, 0.1) is 5.52 Å². The summed E-state index contributed by atoms with van der Waals surface area (Å²) in [5.74, 6) is 1.39. The van der Waals surface area contributed by atoms with Gasteiger partial charge in [0, 0.05) is 16.8 Å². The van der Waals surface area contributed by atoms with Gasteiger partial charge in [-0.2, -0.15) is 0 Å². The smallest absolute Gasteiger partial charge is 0.137 e. The number of nitrogens with one attached hydrogen (secondary N) is 1. The molecule has 1 unspecified atom stereocenters. The lowest BCUT2D eigenvalue weighted by Gasteiger charge is -2.28. The average molecular weight is 250 g/mol. The average Bonchev–Trinajstić information content (AvgIpc) is 2.39. The number of hydrogen-bond donors (Lipinski definition) is 1. The Morgan fingerprint density at radius 3 is 2.76 bits per heavy atom. The lowest BCUT2D eigenvalue weighted by molar-refractivity contribution is 0.552. The number of rotatable bonds is 4. The molecule has 1 atom stereocenters. The summed E-state index contributed by atoms with van der Waals surface area (Å²) in [6.07, 6.45) is 2.52. The van der Waals surface area contributed by atoms with Crippen LogP contribution in [0.2, 0.25) is 0 Å². The topological polar surface area (TPSA) is 37.8 Å². The van der Waals surface area contributed by atoms with Crippen molar-refractivity contribution in [2.45, 2.75) is 25.8 Å². The number of halogens is 1. The van der Waals surface area contributed by atoms with E-state index in [0.717, 1.165) is 23.1 Å². The molecule has 2 aromatic rings. The molecule has 0 amide bonds. The van der Waals surface area contributed by atoms with Crippen molar-refractivity contribution in [3.8, 4) is 0 Å². The van der Waals surface area contributed by atoms with Crippen LogP contribution < -0.4 is 5.32 Å². The van der Waals surface area contributed by atoms with Crippen molar-refractivity contribution < 1.29 is 0 Å². The fraction of sp³-hybridized carbons (Fsp3) is 0.385. The Bertz CT molecular complexity index is 503. The van der Waals surface area contributed by atoms with Gasteiger partial charge in [-0.3, -0.25) is 0 Å². The molecule has 1 aromatic carbocycles. The molecule has 2 rings (SSSR count). The van der Waals surface area contributed by atoms with E-state index in [-0.39, 0.29) is 5.54 Å². The highest BCUT2D eigenvalue weighted by molar-refractivity contribution is 6.18. The molecule has 1 aromatic heterocycles. The van der Waals surface area contributed by atoms with Gasteiger partial charge in [-0.1, -0.05) is 19.1 Å². The minimum absolute atomic E-state index is 0.140. The van der Waals surface area contributed by atoms with Crippen LogP contribution in [0.3, 0.4) is 0 Å². The third-order valence-corrected chi connectivity index (χ3v) is 3.63. The molecule has 1 N–H and O–H groups in total. The Morgan fingerprint density at radius 1 is 1.29 bits per heavy atom. The van der Waals surface area contributed by atoms with Crippen LogP contribution in [-0.4, -0.2) is 21.4 Å². The maximum absolute atomic E-state index is 6.00. The summed E-state index contributed by atoms with van der Waals surface area (Å²) in [6, 6.07) is 7.95. The van der Waals surface area contributed by atoms with E-state index in [4.69, 9.17) is 11.6 Å². The summed E-state index contributed by atoms with van der Waals surface area (Å²) in [5.41, 5.74) is 0.802. The van der Waals surface area contributed by atoms with E-state index in [1.807, 2.05) is 24.3 Å². The van der Waals surface area contributed by atoms with E-state index in [2.05, 4.69) is 29.1 Å². The SMILES string of the molecule is CCC(C)(CCl)Nc1ncnc2ccccc12. The molecular weight excluding hydrogens is 234 g/mol. The normalized spacial score (nSPS) is 14.5. The molecule has 0 aliphatic rings. The molecule has 0 saturated heterocycles. The number of fused-ring (bicyclic) bond motifs is 1. The van der Waals surface area contributed by atoms with Crippen LogP contribution >= 0.6 is 11.6 Å². The van der Waals surface area contributed by atoms with E-state index in [1.165, 1.54) is 0 Å². The first-order valence-electron chi connectivity index (χ1n) is 5.72. The maximum Gasteiger partial charge on any atom is 0.137 e. The zero-order valence-electron chi connectivity index (χ0n) is 10.1. The van der Waals surface area contributed by atoms with Gasteiger partial charge in [0.1, 0.15) is 12.1 Å². The highest BCUT2D eigenvalue weighted by atomic mass is 35.5. The monoisotopic (exact) mass is 249 g/mol. The Balaban J connectivity index is 2.42. The van der Waals surface area contributed by atoms with Gasteiger partial charge in [-0.25, -0.2) is 9.97 Å². The molecule has 1 heterocycles. The van der Waals surface area contributed by atoms with Gasteiger partial charge < -0.3 is 5.32 Å². The molecule has 90 valence electrons. The summed E-state index contributed by atoms with van der Waals surface area (Å²) in [6.45, 7) is 4.20. The quantitative estimate of drug-likeness (QED) is 0.844. The van der Waals surface area contributed by atoms with Crippen molar-refractivity contribution >= 4 is 28.3 Å². The molecule has 17 heavy (non-hydrogen) atoms. The molecule has 0 aliphatic carbocycles. The van der Waals surface area contributed by atoms with Gasteiger partial charge in [0.15, 0.2) is 0 Å².